The van der Waals surface area contributed by atoms with E-state index in [1.54, 1.807) is 11.8 Å². The van der Waals surface area contributed by atoms with E-state index >= 15 is 0 Å². The Bertz CT molecular complexity index is 271. The molecule has 0 saturated carbocycles. The Morgan fingerprint density at radius 1 is 1.42 bits per heavy atom. The first-order valence-corrected chi connectivity index (χ1v) is 5.25. The van der Waals surface area contributed by atoms with Crippen molar-refractivity contribution in [1.29, 1.82) is 0 Å². The van der Waals surface area contributed by atoms with Gasteiger partial charge in [0.2, 0.25) is 0 Å². The van der Waals surface area contributed by atoms with E-state index in [4.69, 9.17) is 16.3 Å². The molecule has 1 aromatic carbocycles. The van der Waals surface area contributed by atoms with Crippen LogP contribution in [0.25, 0.3) is 0 Å². The van der Waals surface area contributed by atoms with Crippen LogP contribution < -0.4 is 4.74 Å². The standard InChI is InChI=1S/C8H7ClOS2/c1-12-7-4-2-6(3-5-7)10-8(9)11/h2-5H,1H3. The van der Waals surface area contributed by atoms with Crippen molar-refractivity contribution in [2.75, 3.05) is 6.26 Å². The minimum absolute atomic E-state index is 0.0203. The van der Waals surface area contributed by atoms with Gasteiger partial charge in [0.25, 0.3) is 4.51 Å². The molecule has 1 aromatic rings. The van der Waals surface area contributed by atoms with Crippen molar-refractivity contribution < 1.29 is 4.74 Å². The van der Waals surface area contributed by atoms with Crippen LogP contribution >= 0.6 is 35.6 Å². The molecule has 0 saturated heterocycles. The van der Waals surface area contributed by atoms with Gasteiger partial charge in [-0.1, -0.05) is 0 Å². The summed E-state index contributed by atoms with van der Waals surface area (Å²) in [6.07, 6.45) is 2.02. The maximum Gasteiger partial charge on any atom is 0.260 e. The molecule has 0 amide bonds. The van der Waals surface area contributed by atoms with E-state index in [0.29, 0.717) is 5.75 Å². The van der Waals surface area contributed by atoms with Gasteiger partial charge in [-0.2, -0.15) is 0 Å². The Morgan fingerprint density at radius 3 is 2.42 bits per heavy atom. The zero-order valence-electron chi connectivity index (χ0n) is 6.41. The molecule has 0 aromatic heterocycles. The molecule has 1 nitrogen and oxygen atoms in total. The molecule has 0 bridgehead atoms. The predicted molar refractivity (Wildman–Crippen MR) is 57.3 cm³/mol. The highest BCUT2D eigenvalue weighted by atomic mass is 35.5. The lowest BCUT2D eigenvalue weighted by atomic mass is 10.3. The van der Waals surface area contributed by atoms with Gasteiger partial charge in [-0.25, -0.2) is 0 Å². The van der Waals surface area contributed by atoms with E-state index in [1.165, 1.54) is 4.90 Å². The summed E-state index contributed by atoms with van der Waals surface area (Å²) in [6, 6.07) is 7.57. The number of hydrogen-bond donors (Lipinski definition) is 0. The van der Waals surface area contributed by atoms with Gasteiger partial charge >= 0.3 is 0 Å². The molecule has 0 heterocycles. The Balaban J connectivity index is 2.71. The maximum atomic E-state index is 5.39. The Hall–Kier alpha value is -0.250. The Labute approximate surface area is 86.1 Å². The van der Waals surface area contributed by atoms with E-state index in [9.17, 15) is 0 Å². The highest BCUT2D eigenvalue weighted by molar-refractivity contribution is 7.98. The number of ether oxygens (including phenoxy) is 1. The van der Waals surface area contributed by atoms with Crippen LogP contribution in [0.3, 0.4) is 0 Å². The van der Waals surface area contributed by atoms with Gasteiger partial charge in [0, 0.05) is 4.90 Å². The summed E-state index contributed by atoms with van der Waals surface area (Å²) in [7, 11) is 0. The summed E-state index contributed by atoms with van der Waals surface area (Å²) in [4.78, 5) is 1.18. The van der Waals surface area contributed by atoms with E-state index < -0.39 is 0 Å². The van der Waals surface area contributed by atoms with Crippen molar-refractivity contribution in [3.05, 3.63) is 24.3 Å². The lowest BCUT2D eigenvalue weighted by Gasteiger charge is -2.01. The summed E-state index contributed by atoms with van der Waals surface area (Å²) in [5, 5.41) is 0. The second-order valence-electron chi connectivity index (χ2n) is 2.02. The first-order chi connectivity index (χ1) is 5.72. The van der Waals surface area contributed by atoms with Crippen molar-refractivity contribution in [2.24, 2.45) is 0 Å². The van der Waals surface area contributed by atoms with Gasteiger partial charge in [-0.3, -0.25) is 0 Å². The van der Waals surface area contributed by atoms with Crippen LogP contribution in [0.4, 0.5) is 0 Å². The van der Waals surface area contributed by atoms with Crippen molar-refractivity contribution in [1.82, 2.24) is 0 Å². The van der Waals surface area contributed by atoms with Gasteiger partial charge in [0.15, 0.2) is 0 Å². The minimum Gasteiger partial charge on any atom is -0.436 e. The number of hydrogen-bond acceptors (Lipinski definition) is 3. The molecule has 1 rings (SSSR count). The van der Waals surface area contributed by atoms with E-state index in [1.807, 2.05) is 30.5 Å². The van der Waals surface area contributed by atoms with Crippen LogP contribution in [0, 0.1) is 0 Å². The highest BCUT2D eigenvalue weighted by Crippen LogP contribution is 2.19. The van der Waals surface area contributed by atoms with Crippen LogP contribution in [0.15, 0.2) is 29.2 Å². The van der Waals surface area contributed by atoms with Gasteiger partial charge in [0.1, 0.15) is 5.75 Å². The van der Waals surface area contributed by atoms with Gasteiger partial charge in [-0.15, -0.1) is 11.8 Å². The van der Waals surface area contributed by atoms with Gasteiger partial charge in [0.05, 0.1) is 0 Å². The Morgan fingerprint density at radius 2 is 2.00 bits per heavy atom. The van der Waals surface area contributed by atoms with Crippen LogP contribution in [0.1, 0.15) is 0 Å². The molecule has 4 heteroatoms. The molecule has 0 radical (unpaired) electrons. The summed E-state index contributed by atoms with van der Waals surface area (Å²) in [6.45, 7) is 0. The third-order valence-corrected chi connectivity index (χ3v) is 2.16. The smallest absolute Gasteiger partial charge is 0.260 e. The molecular weight excluding hydrogens is 212 g/mol. The van der Waals surface area contributed by atoms with Crippen molar-refractivity contribution in [3.8, 4) is 5.75 Å². The van der Waals surface area contributed by atoms with Crippen molar-refractivity contribution in [2.45, 2.75) is 4.90 Å². The SMILES string of the molecule is CSc1ccc(OC(=S)Cl)cc1. The highest BCUT2D eigenvalue weighted by Gasteiger charge is 1.95. The topological polar surface area (TPSA) is 9.23 Å². The van der Waals surface area contributed by atoms with Gasteiger partial charge < -0.3 is 4.74 Å². The third-order valence-electron chi connectivity index (χ3n) is 1.26. The average Bonchev–Trinajstić information content (AvgIpc) is 2.05. The summed E-state index contributed by atoms with van der Waals surface area (Å²) >= 11 is 11.6. The lowest BCUT2D eigenvalue weighted by Crippen LogP contribution is -1.94. The van der Waals surface area contributed by atoms with Crippen molar-refractivity contribution in [3.63, 3.8) is 0 Å². The fraction of sp³-hybridized carbons (Fsp3) is 0.125. The second kappa shape index (κ2) is 4.70. The summed E-state index contributed by atoms with van der Waals surface area (Å²) < 4.78 is 5.02. The quantitative estimate of drug-likeness (QED) is 0.428. The van der Waals surface area contributed by atoms with E-state index in [0.717, 1.165) is 0 Å². The van der Waals surface area contributed by atoms with Crippen LogP contribution in [0.5, 0.6) is 5.75 Å². The first kappa shape index (κ1) is 9.84. The molecule has 0 aliphatic rings. The lowest BCUT2D eigenvalue weighted by molar-refractivity contribution is 0.577. The Kier molecular flexibility index (Phi) is 3.85. The number of rotatable bonds is 2. The fourth-order valence-electron chi connectivity index (χ4n) is 0.736. The first-order valence-electron chi connectivity index (χ1n) is 3.24. The monoisotopic (exact) mass is 218 g/mol. The van der Waals surface area contributed by atoms with E-state index in [2.05, 4.69) is 12.2 Å². The molecule has 0 spiro atoms. The number of thioether (sulfide) groups is 1. The van der Waals surface area contributed by atoms with Crippen LogP contribution in [-0.4, -0.2) is 10.8 Å². The number of benzene rings is 1. The molecular formula is C8H7ClOS2. The number of halogens is 1. The van der Waals surface area contributed by atoms with Crippen molar-refractivity contribution >= 4 is 40.1 Å². The maximum absolute atomic E-state index is 5.39. The third kappa shape index (κ3) is 3.01. The summed E-state index contributed by atoms with van der Waals surface area (Å²) in [5.41, 5.74) is 0. The fourth-order valence-corrected chi connectivity index (χ4v) is 1.33. The molecule has 12 heavy (non-hydrogen) atoms. The number of thiocarbonyl (C=S) groups is 1. The minimum atomic E-state index is 0.0203. The predicted octanol–water partition coefficient (Wildman–Crippen LogP) is 3.31. The molecule has 0 N–H and O–H groups in total. The molecule has 64 valence electrons. The van der Waals surface area contributed by atoms with Crippen LogP contribution in [0.2, 0.25) is 0 Å². The molecule has 0 atom stereocenters. The average molecular weight is 219 g/mol. The zero-order chi connectivity index (χ0) is 8.97. The summed E-state index contributed by atoms with van der Waals surface area (Å²) in [5.74, 6) is 0.674. The normalized spacial score (nSPS) is 9.50. The molecule has 0 aliphatic carbocycles. The van der Waals surface area contributed by atoms with Crippen LogP contribution in [-0.2, 0) is 0 Å². The molecule has 0 unspecified atom stereocenters. The second-order valence-corrected chi connectivity index (χ2v) is 3.83. The molecule has 0 aliphatic heterocycles. The molecule has 0 fully saturated rings. The zero-order valence-corrected chi connectivity index (χ0v) is 8.80. The largest absolute Gasteiger partial charge is 0.436 e. The van der Waals surface area contributed by atoms with E-state index in [-0.39, 0.29) is 4.51 Å². The van der Waals surface area contributed by atoms with Gasteiger partial charge in [-0.05, 0) is 54.3 Å².